The summed E-state index contributed by atoms with van der Waals surface area (Å²) in [6.45, 7) is 4.44. The molecule has 1 aliphatic carbocycles. The Labute approximate surface area is 182 Å². The number of nitrogens with one attached hydrogen (secondary N) is 1. The molecule has 1 saturated carbocycles. The van der Waals surface area contributed by atoms with Gasteiger partial charge in [0.1, 0.15) is 5.75 Å². The average Bonchev–Trinajstić information content (AvgIpc) is 3.48. The Morgan fingerprint density at radius 2 is 1.87 bits per heavy atom. The summed E-state index contributed by atoms with van der Waals surface area (Å²) < 4.78 is 8.18. The molecule has 5 nitrogen and oxygen atoms in total. The van der Waals surface area contributed by atoms with Gasteiger partial charge in [-0.2, -0.15) is 0 Å². The minimum absolute atomic E-state index is 0.0117. The highest BCUT2D eigenvalue weighted by atomic mass is 32.1. The third-order valence-electron chi connectivity index (χ3n) is 6.20. The molecule has 0 bridgehead atoms. The van der Waals surface area contributed by atoms with Crippen molar-refractivity contribution in [2.24, 2.45) is 0 Å². The van der Waals surface area contributed by atoms with E-state index in [9.17, 15) is 0 Å². The maximum atomic E-state index is 5.86. The maximum Gasteiger partial charge on any atom is 0.174 e. The molecule has 5 rings (SSSR count). The van der Waals surface area contributed by atoms with Gasteiger partial charge in [-0.25, -0.2) is 0 Å². The first-order valence-electron chi connectivity index (χ1n) is 10.4. The van der Waals surface area contributed by atoms with Crippen LogP contribution in [0.2, 0.25) is 0 Å². The highest BCUT2D eigenvalue weighted by Gasteiger charge is 2.43. The Morgan fingerprint density at radius 3 is 2.57 bits per heavy atom. The van der Waals surface area contributed by atoms with E-state index in [2.05, 4.69) is 51.8 Å². The molecule has 2 aromatic heterocycles. The van der Waals surface area contributed by atoms with Crippen molar-refractivity contribution in [3.8, 4) is 5.75 Å². The Kier molecular flexibility index (Phi) is 4.74. The number of anilines is 1. The molecule has 30 heavy (non-hydrogen) atoms. The number of methoxy groups -OCH3 is 1. The van der Waals surface area contributed by atoms with Crippen LogP contribution in [0.5, 0.6) is 5.75 Å². The van der Waals surface area contributed by atoms with Crippen LogP contribution in [-0.4, -0.2) is 21.8 Å². The van der Waals surface area contributed by atoms with Crippen LogP contribution in [0.1, 0.15) is 53.6 Å². The number of benzene rings is 1. The molecule has 6 heteroatoms. The van der Waals surface area contributed by atoms with E-state index in [1.54, 1.807) is 7.11 Å². The fraction of sp³-hybridized carbons (Fsp3) is 0.333. The first kappa shape index (κ1) is 19.1. The number of ether oxygens (including phenoxy) is 1. The van der Waals surface area contributed by atoms with Crippen LogP contribution in [0.15, 0.2) is 54.7 Å². The normalized spacial score (nSPS) is 21.0. The highest BCUT2D eigenvalue weighted by molar-refractivity contribution is 7.80. The number of nitrogens with zero attached hydrogens (tertiary/aromatic N) is 3. The molecule has 154 valence electrons. The number of para-hydroxylation sites is 2. The summed E-state index contributed by atoms with van der Waals surface area (Å²) in [6, 6.07) is 17.0. The molecule has 3 heterocycles. The van der Waals surface area contributed by atoms with Crippen LogP contribution >= 0.6 is 12.2 Å². The van der Waals surface area contributed by atoms with Crippen molar-refractivity contribution in [1.82, 2.24) is 14.9 Å². The van der Waals surface area contributed by atoms with Crippen molar-refractivity contribution < 1.29 is 4.74 Å². The fourth-order valence-electron chi connectivity index (χ4n) is 4.76. The van der Waals surface area contributed by atoms with Gasteiger partial charge in [0.25, 0.3) is 0 Å². The monoisotopic (exact) mass is 418 g/mol. The van der Waals surface area contributed by atoms with Gasteiger partial charge in [-0.05, 0) is 74.8 Å². The van der Waals surface area contributed by atoms with Gasteiger partial charge in [0.05, 0.1) is 30.6 Å². The summed E-state index contributed by atoms with van der Waals surface area (Å²) in [5.41, 5.74) is 5.86. The third kappa shape index (κ3) is 3.06. The number of hydrogen-bond donors (Lipinski definition) is 1. The van der Waals surface area contributed by atoms with Crippen molar-refractivity contribution in [1.29, 1.82) is 0 Å². The largest absolute Gasteiger partial charge is 0.495 e. The topological polar surface area (TPSA) is 42.3 Å². The molecule has 1 aliphatic heterocycles. The standard InChI is InChI=1S/C24H26N4OS/c1-15-14-18(16(2)27(15)17-11-12-17)23-22(19-8-6-7-13-25-19)26-24(30)28(23)20-9-4-5-10-21(20)29-3/h4-10,13-14,17,22-23H,11-12H2,1-3H3,(H,26,30)/t22-,23-/m1/s1. The smallest absolute Gasteiger partial charge is 0.174 e. The summed E-state index contributed by atoms with van der Waals surface area (Å²) in [7, 11) is 1.70. The van der Waals surface area contributed by atoms with E-state index in [4.69, 9.17) is 17.0 Å². The lowest BCUT2D eigenvalue weighted by molar-refractivity contribution is 0.414. The Hall–Kier alpha value is -2.86. The molecule has 0 amide bonds. The maximum absolute atomic E-state index is 5.86. The van der Waals surface area contributed by atoms with Gasteiger partial charge in [0.15, 0.2) is 5.11 Å². The van der Waals surface area contributed by atoms with E-state index in [0.717, 1.165) is 17.1 Å². The van der Waals surface area contributed by atoms with E-state index >= 15 is 0 Å². The number of aromatic nitrogens is 2. The van der Waals surface area contributed by atoms with Crippen molar-refractivity contribution in [2.45, 2.75) is 44.8 Å². The Morgan fingerprint density at radius 1 is 1.10 bits per heavy atom. The summed E-state index contributed by atoms with van der Waals surface area (Å²) in [4.78, 5) is 6.86. The second-order valence-electron chi connectivity index (χ2n) is 8.10. The van der Waals surface area contributed by atoms with Crippen molar-refractivity contribution >= 4 is 23.0 Å². The van der Waals surface area contributed by atoms with Gasteiger partial charge in [-0.3, -0.25) is 4.98 Å². The number of hydrogen-bond acceptors (Lipinski definition) is 3. The van der Waals surface area contributed by atoms with E-state index in [1.165, 1.54) is 29.8 Å². The zero-order valence-corrected chi connectivity index (χ0v) is 18.3. The molecule has 0 unspecified atom stereocenters. The molecule has 0 spiro atoms. The van der Waals surface area contributed by atoms with Crippen LogP contribution in [0, 0.1) is 13.8 Å². The molecule has 3 aromatic rings. The molecule has 2 aliphatic rings. The second-order valence-corrected chi connectivity index (χ2v) is 8.48. The fourth-order valence-corrected chi connectivity index (χ4v) is 5.09. The first-order valence-corrected chi connectivity index (χ1v) is 10.8. The lowest BCUT2D eigenvalue weighted by Gasteiger charge is -2.29. The summed E-state index contributed by atoms with van der Waals surface area (Å²) in [6.07, 6.45) is 4.37. The lowest BCUT2D eigenvalue weighted by atomic mass is 9.96. The molecule has 1 N–H and O–H groups in total. The molecule has 1 aromatic carbocycles. The molecular weight excluding hydrogens is 392 g/mol. The SMILES string of the molecule is COc1ccccc1N1C(=S)N[C@H](c2ccccn2)[C@H]1c1cc(C)n(C2CC2)c1C. The van der Waals surface area contributed by atoms with E-state index in [-0.39, 0.29) is 12.1 Å². The van der Waals surface area contributed by atoms with Gasteiger partial charge in [-0.15, -0.1) is 0 Å². The highest BCUT2D eigenvalue weighted by Crippen LogP contribution is 2.47. The minimum atomic E-state index is -0.0447. The Balaban J connectivity index is 1.68. The second kappa shape index (κ2) is 7.43. The number of rotatable bonds is 5. The van der Waals surface area contributed by atoms with E-state index in [0.29, 0.717) is 11.2 Å². The molecular formula is C24H26N4OS. The summed E-state index contributed by atoms with van der Waals surface area (Å²) >= 11 is 5.86. The first-order chi connectivity index (χ1) is 14.6. The van der Waals surface area contributed by atoms with Crippen LogP contribution in [-0.2, 0) is 0 Å². The molecule has 2 fully saturated rings. The third-order valence-corrected chi connectivity index (χ3v) is 6.51. The van der Waals surface area contributed by atoms with Crippen LogP contribution in [0.25, 0.3) is 0 Å². The van der Waals surface area contributed by atoms with Crippen molar-refractivity contribution in [3.05, 3.63) is 77.4 Å². The number of thiocarbonyl (C=S) groups is 1. The predicted octanol–water partition coefficient (Wildman–Crippen LogP) is 5.02. The molecule has 2 atom stereocenters. The van der Waals surface area contributed by atoms with Crippen LogP contribution < -0.4 is 15.0 Å². The summed E-state index contributed by atoms with van der Waals surface area (Å²) in [5.74, 6) is 0.810. The van der Waals surface area contributed by atoms with Gasteiger partial charge < -0.3 is 19.5 Å². The van der Waals surface area contributed by atoms with Gasteiger partial charge in [-0.1, -0.05) is 18.2 Å². The Bertz CT molecular complexity index is 1090. The number of pyridine rings is 1. The van der Waals surface area contributed by atoms with E-state index in [1.807, 2.05) is 36.5 Å². The molecule has 0 radical (unpaired) electrons. The van der Waals surface area contributed by atoms with Gasteiger partial charge in [0.2, 0.25) is 0 Å². The lowest BCUT2D eigenvalue weighted by Crippen LogP contribution is -2.30. The molecule has 1 saturated heterocycles. The zero-order valence-electron chi connectivity index (χ0n) is 17.5. The zero-order chi connectivity index (χ0) is 20.8. The van der Waals surface area contributed by atoms with Gasteiger partial charge in [0, 0.05) is 23.6 Å². The minimum Gasteiger partial charge on any atom is -0.495 e. The van der Waals surface area contributed by atoms with Crippen molar-refractivity contribution in [3.63, 3.8) is 0 Å². The van der Waals surface area contributed by atoms with E-state index < -0.39 is 0 Å². The van der Waals surface area contributed by atoms with Crippen molar-refractivity contribution in [2.75, 3.05) is 12.0 Å². The average molecular weight is 419 g/mol. The summed E-state index contributed by atoms with van der Waals surface area (Å²) in [5, 5.41) is 4.24. The quantitative estimate of drug-likeness (QED) is 0.589. The van der Waals surface area contributed by atoms with Crippen LogP contribution in [0.4, 0.5) is 5.69 Å². The predicted molar refractivity (Wildman–Crippen MR) is 123 cm³/mol. The number of aryl methyl sites for hydroxylation is 1. The van der Waals surface area contributed by atoms with Gasteiger partial charge >= 0.3 is 0 Å². The van der Waals surface area contributed by atoms with Crippen LogP contribution in [0.3, 0.4) is 0 Å².